The van der Waals surface area contributed by atoms with E-state index in [1.54, 1.807) is 24.3 Å². The zero-order valence-corrected chi connectivity index (χ0v) is 17.8. The molecule has 0 saturated heterocycles. The number of halogens is 2. The topological polar surface area (TPSA) is 88.2 Å². The van der Waals surface area contributed by atoms with Crippen LogP contribution in [0, 0.1) is 0 Å². The number of aromatic nitrogens is 3. The highest BCUT2D eigenvalue weighted by Gasteiger charge is 2.18. The lowest BCUT2D eigenvalue weighted by atomic mass is 10.2. The lowest BCUT2D eigenvalue weighted by molar-refractivity contribution is -0.131. The van der Waals surface area contributed by atoms with Crippen molar-refractivity contribution in [3.05, 3.63) is 62.4 Å². The second-order valence-corrected chi connectivity index (χ2v) is 7.98. The van der Waals surface area contributed by atoms with Crippen LogP contribution in [-0.2, 0) is 11.3 Å². The van der Waals surface area contributed by atoms with E-state index in [4.69, 9.17) is 11.6 Å². The number of nitrogens with zero attached hydrogens (tertiary/aromatic N) is 3. The first-order valence-corrected chi connectivity index (χ1v) is 10.2. The summed E-state index contributed by atoms with van der Waals surface area (Å²) in [4.78, 5) is 11.8. The average molecular weight is 481 g/mol. The van der Waals surface area contributed by atoms with E-state index in [1.807, 2.05) is 23.6 Å². The van der Waals surface area contributed by atoms with Gasteiger partial charge < -0.3 is 14.8 Å². The molecule has 6 nitrogen and oxygen atoms in total. The summed E-state index contributed by atoms with van der Waals surface area (Å²) in [5, 5.41) is 28.7. The van der Waals surface area contributed by atoms with Crippen molar-refractivity contribution in [1.29, 1.82) is 0 Å². The van der Waals surface area contributed by atoms with Crippen LogP contribution in [-0.4, -0.2) is 30.9 Å². The molecule has 0 bridgehead atoms. The van der Waals surface area contributed by atoms with Crippen molar-refractivity contribution in [2.75, 3.05) is 0 Å². The van der Waals surface area contributed by atoms with Gasteiger partial charge in [-0.15, -0.1) is 10.2 Å². The molecule has 9 heteroatoms. The third kappa shape index (κ3) is 4.57. The Morgan fingerprint density at radius 3 is 2.57 bits per heavy atom. The molecule has 3 rings (SSSR count). The number of carbonyl (C=O) groups is 1. The summed E-state index contributed by atoms with van der Waals surface area (Å²) in [5.74, 6) is -0.355. The maximum Gasteiger partial charge on any atom is 0.342 e. The summed E-state index contributed by atoms with van der Waals surface area (Å²) < 4.78 is 2.33. The third-order valence-corrected chi connectivity index (χ3v) is 5.70. The Morgan fingerprint density at radius 1 is 1.25 bits per heavy atom. The molecule has 0 radical (unpaired) electrons. The van der Waals surface area contributed by atoms with Crippen LogP contribution >= 0.6 is 39.3 Å². The van der Waals surface area contributed by atoms with Gasteiger partial charge >= 0.3 is 5.97 Å². The van der Waals surface area contributed by atoms with Crippen LogP contribution in [0.1, 0.15) is 12.5 Å². The molecule has 0 atom stereocenters. The predicted octanol–water partition coefficient (Wildman–Crippen LogP) is 5.30. The molecule has 2 N–H and O–H groups in total. The second-order valence-electron chi connectivity index (χ2n) is 5.68. The standard InChI is InChI=1S/C19H15BrClN3O3S/c1-2-24-17(12-4-6-13(21)7-5-12)22-23-19(24)28-16(18(26)27)10-11-3-8-15(25)14(20)9-11/h3-10,25H,2H2,1H3,(H,26,27)/b16-10-. The summed E-state index contributed by atoms with van der Waals surface area (Å²) >= 11 is 10.2. The molecular formula is C19H15BrClN3O3S. The maximum atomic E-state index is 11.8. The van der Waals surface area contributed by atoms with Gasteiger partial charge in [0.05, 0.1) is 4.47 Å². The molecule has 0 amide bonds. The van der Waals surface area contributed by atoms with Crippen LogP contribution in [0.3, 0.4) is 0 Å². The first-order valence-electron chi connectivity index (χ1n) is 8.19. The van der Waals surface area contributed by atoms with Gasteiger partial charge in [-0.05, 0) is 82.7 Å². The number of phenolic OH excluding ortho intramolecular Hbond substituents is 1. The number of hydrogen-bond acceptors (Lipinski definition) is 5. The van der Waals surface area contributed by atoms with Crippen molar-refractivity contribution in [3.8, 4) is 17.1 Å². The summed E-state index contributed by atoms with van der Waals surface area (Å²) in [7, 11) is 0. The Labute approximate surface area is 179 Å². The Kier molecular flexibility index (Phi) is 6.43. The van der Waals surface area contributed by atoms with Gasteiger partial charge in [0.1, 0.15) is 10.7 Å². The van der Waals surface area contributed by atoms with Crippen molar-refractivity contribution < 1.29 is 15.0 Å². The summed E-state index contributed by atoms with van der Waals surface area (Å²) in [6, 6.07) is 12.0. The average Bonchev–Trinajstić information content (AvgIpc) is 3.07. The highest BCUT2D eigenvalue weighted by molar-refractivity contribution is 9.10. The SMILES string of the molecule is CCn1c(S/C(=C\c2ccc(O)c(Br)c2)C(=O)O)nnc1-c1ccc(Cl)cc1. The Hall–Kier alpha value is -2.29. The van der Waals surface area contributed by atoms with E-state index in [-0.39, 0.29) is 10.7 Å². The van der Waals surface area contributed by atoms with Gasteiger partial charge in [0.15, 0.2) is 11.0 Å². The Morgan fingerprint density at radius 2 is 1.96 bits per heavy atom. The molecule has 3 aromatic rings. The van der Waals surface area contributed by atoms with Gasteiger partial charge in [-0.25, -0.2) is 4.79 Å². The van der Waals surface area contributed by atoms with E-state index in [9.17, 15) is 15.0 Å². The fourth-order valence-electron chi connectivity index (χ4n) is 2.46. The van der Waals surface area contributed by atoms with Crippen LogP contribution < -0.4 is 0 Å². The molecule has 144 valence electrons. The van der Waals surface area contributed by atoms with Crippen LogP contribution in [0.5, 0.6) is 5.75 Å². The molecular weight excluding hydrogens is 466 g/mol. The van der Waals surface area contributed by atoms with Crippen LogP contribution in [0.15, 0.2) is 57.0 Å². The number of benzene rings is 2. The third-order valence-electron chi connectivity index (χ3n) is 3.82. The molecule has 2 aromatic carbocycles. The molecule has 0 aliphatic carbocycles. The molecule has 1 aromatic heterocycles. The first-order chi connectivity index (χ1) is 13.4. The quantitative estimate of drug-likeness (QED) is 0.367. The van der Waals surface area contributed by atoms with Gasteiger partial charge in [-0.3, -0.25) is 0 Å². The lowest BCUT2D eigenvalue weighted by Crippen LogP contribution is -2.02. The molecule has 0 unspecified atom stereocenters. The monoisotopic (exact) mass is 479 g/mol. The van der Waals surface area contributed by atoms with Crippen molar-refractivity contribution in [2.24, 2.45) is 0 Å². The number of carboxylic acids is 1. The number of thioether (sulfide) groups is 1. The molecule has 0 spiro atoms. The molecule has 0 fully saturated rings. The second kappa shape index (κ2) is 8.81. The minimum Gasteiger partial charge on any atom is -0.507 e. The van der Waals surface area contributed by atoms with E-state index in [1.165, 1.54) is 12.1 Å². The van der Waals surface area contributed by atoms with Crippen molar-refractivity contribution in [3.63, 3.8) is 0 Å². The zero-order valence-electron chi connectivity index (χ0n) is 14.6. The van der Waals surface area contributed by atoms with Crippen LogP contribution in [0.2, 0.25) is 5.02 Å². The lowest BCUT2D eigenvalue weighted by Gasteiger charge is -2.08. The number of rotatable bonds is 6. The van der Waals surface area contributed by atoms with E-state index < -0.39 is 5.97 Å². The molecule has 1 heterocycles. The molecule has 28 heavy (non-hydrogen) atoms. The molecule has 0 aliphatic rings. The van der Waals surface area contributed by atoms with E-state index in [0.29, 0.717) is 32.6 Å². The van der Waals surface area contributed by atoms with Gasteiger partial charge in [-0.2, -0.15) is 0 Å². The van der Waals surface area contributed by atoms with Gasteiger partial charge in [0, 0.05) is 17.1 Å². The number of aliphatic carboxylic acids is 1. The largest absolute Gasteiger partial charge is 0.507 e. The Balaban J connectivity index is 1.95. The fraction of sp³-hybridized carbons (Fsp3) is 0.105. The summed E-state index contributed by atoms with van der Waals surface area (Å²) in [6.07, 6.45) is 1.52. The zero-order chi connectivity index (χ0) is 20.3. The van der Waals surface area contributed by atoms with E-state index >= 15 is 0 Å². The van der Waals surface area contributed by atoms with Crippen molar-refractivity contribution in [2.45, 2.75) is 18.6 Å². The smallest absolute Gasteiger partial charge is 0.342 e. The van der Waals surface area contributed by atoms with E-state index in [0.717, 1.165) is 17.3 Å². The maximum absolute atomic E-state index is 11.8. The predicted molar refractivity (Wildman–Crippen MR) is 113 cm³/mol. The number of carboxylic acid groups (broad SMARTS) is 1. The summed E-state index contributed by atoms with van der Waals surface area (Å²) in [5.41, 5.74) is 1.48. The molecule has 0 saturated carbocycles. The first kappa shape index (κ1) is 20.4. The highest BCUT2D eigenvalue weighted by atomic mass is 79.9. The van der Waals surface area contributed by atoms with E-state index in [2.05, 4.69) is 26.1 Å². The fourth-order valence-corrected chi connectivity index (χ4v) is 3.87. The van der Waals surface area contributed by atoms with Crippen LogP contribution in [0.4, 0.5) is 0 Å². The van der Waals surface area contributed by atoms with Crippen molar-refractivity contribution in [1.82, 2.24) is 14.8 Å². The number of hydrogen-bond donors (Lipinski definition) is 2. The van der Waals surface area contributed by atoms with Gasteiger partial charge in [-0.1, -0.05) is 17.7 Å². The normalized spacial score (nSPS) is 11.6. The highest BCUT2D eigenvalue weighted by Crippen LogP contribution is 2.32. The van der Waals surface area contributed by atoms with Gasteiger partial charge in [0.25, 0.3) is 0 Å². The number of aromatic hydroxyl groups is 1. The minimum atomic E-state index is -1.08. The summed E-state index contributed by atoms with van der Waals surface area (Å²) in [6.45, 7) is 2.51. The van der Waals surface area contributed by atoms with Gasteiger partial charge in [0.2, 0.25) is 0 Å². The Bertz CT molecular complexity index is 1050. The number of phenols is 1. The van der Waals surface area contributed by atoms with Crippen molar-refractivity contribution >= 4 is 51.3 Å². The molecule has 0 aliphatic heterocycles. The minimum absolute atomic E-state index is 0.0833. The van der Waals surface area contributed by atoms with Crippen LogP contribution in [0.25, 0.3) is 17.5 Å².